The highest BCUT2D eigenvalue weighted by Gasteiger charge is 2.27. The normalized spacial score (nSPS) is 21.9. The summed E-state index contributed by atoms with van der Waals surface area (Å²) in [5.41, 5.74) is 3.33. The van der Waals surface area contributed by atoms with Crippen LogP contribution in [0.4, 0.5) is 0 Å². The van der Waals surface area contributed by atoms with Crippen molar-refractivity contribution in [1.29, 1.82) is 0 Å². The number of piperidine rings is 1. The molecule has 1 unspecified atom stereocenters. The predicted octanol–water partition coefficient (Wildman–Crippen LogP) is 1.67. The summed E-state index contributed by atoms with van der Waals surface area (Å²) in [4.78, 5) is 14.7. The van der Waals surface area contributed by atoms with Crippen LogP contribution in [0.25, 0.3) is 0 Å². The van der Waals surface area contributed by atoms with Crippen LogP contribution < -0.4 is 5.32 Å². The Balaban J connectivity index is 1.80. The van der Waals surface area contributed by atoms with E-state index in [-0.39, 0.29) is 18.6 Å². The van der Waals surface area contributed by atoms with Gasteiger partial charge in [0.25, 0.3) is 5.91 Å². The quantitative estimate of drug-likeness (QED) is 0.881. The third kappa shape index (κ3) is 2.58. The minimum atomic E-state index is 0.123. The Morgan fingerprint density at radius 3 is 3.00 bits per heavy atom. The molecule has 0 aliphatic carbocycles. The number of hydrogen-bond donors (Lipinski definition) is 2. The lowest BCUT2D eigenvalue weighted by atomic mass is 9.97. The van der Waals surface area contributed by atoms with Crippen LogP contribution in [0.2, 0.25) is 0 Å². The lowest BCUT2D eigenvalue weighted by Crippen LogP contribution is -2.44. The second-order valence-electron chi connectivity index (χ2n) is 5.75. The molecular weight excluding hydrogens is 252 g/mol. The van der Waals surface area contributed by atoms with E-state index in [2.05, 4.69) is 11.4 Å². The first-order valence-corrected chi connectivity index (χ1v) is 7.54. The van der Waals surface area contributed by atoms with Crippen molar-refractivity contribution in [2.24, 2.45) is 0 Å². The molecule has 2 aliphatic rings. The molecule has 0 spiro atoms. The minimum absolute atomic E-state index is 0.123. The molecule has 20 heavy (non-hydrogen) atoms. The van der Waals surface area contributed by atoms with E-state index in [1.54, 1.807) is 0 Å². The molecule has 1 saturated heterocycles. The van der Waals surface area contributed by atoms with Crippen molar-refractivity contribution in [3.05, 3.63) is 34.9 Å². The van der Waals surface area contributed by atoms with E-state index >= 15 is 0 Å². The van der Waals surface area contributed by atoms with Gasteiger partial charge in [0.05, 0.1) is 0 Å². The molecule has 108 valence electrons. The molecule has 0 aromatic heterocycles. The van der Waals surface area contributed by atoms with Crippen molar-refractivity contribution < 1.29 is 9.90 Å². The van der Waals surface area contributed by atoms with Gasteiger partial charge in [-0.3, -0.25) is 4.79 Å². The topological polar surface area (TPSA) is 52.6 Å². The monoisotopic (exact) mass is 274 g/mol. The van der Waals surface area contributed by atoms with Gasteiger partial charge in [-0.2, -0.15) is 0 Å². The zero-order chi connectivity index (χ0) is 13.9. The Morgan fingerprint density at radius 1 is 1.30 bits per heavy atom. The number of nitrogens with one attached hydrogen (secondary N) is 1. The number of aliphatic hydroxyl groups excluding tert-OH is 1. The molecule has 1 aromatic rings. The summed E-state index contributed by atoms with van der Waals surface area (Å²) >= 11 is 0. The molecular formula is C16H22N2O2. The summed E-state index contributed by atoms with van der Waals surface area (Å²) in [6.07, 6.45) is 3.93. The van der Waals surface area contributed by atoms with Gasteiger partial charge in [-0.1, -0.05) is 6.07 Å². The van der Waals surface area contributed by atoms with Gasteiger partial charge in [0.2, 0.25) is 0 Å². The van der Waals surface area contributed by atoms with E-state index < -0.39 is 0 Å². The first-order valence-electron chi connectivity index (χ1n) is 7.54. The maximum Gasteiger partial charge on any atom is 0.254 e. The second-order valence-corrected chi connectivity index (χ2v) is 5.75. The maximum atomic E-state index is 12.7. The van der Waals surface area contributed by atoms with Crippen molar-refractivity contribution in [3.8, 4) is 0 Å². The molecule has 1 aromatic carbocycles. The molecule has 0 saturated carbocycles. The summed E-state index contributed by atoms with van der Waals surface area (Å²) in [5.74, 6) is 0.123. The summed E-state index contributed by atoms with van der Waals surface area (Å²) < 4.78 is 0. The first kappa shape index (κ1) is 13.6. The number of carbonyl (C=O) groups is 1. The summed E-state index contributed by atoms with van der Waals surface area (Å²) in [7, 11) is 0. The van der Waals surface area contributed by atoms with Gasteiger partial charge in [0.1, 0.15) is 0 Å². The first-order chi connectivity index (χ1) is 9.79. The highest BCUT2D eigenvalue weighted by molar-refractivity contribution is 5.94. The molecule has 0 bridgehead atoms. The molecule has 4 heteroatoms. The Bertz CT molecular complexity index is 499. The zero-order valence-electron chi connectivity index (χ0n) is 11.8. The fraction of sp³-hybridized carbons (Fsp3) is 0.562. The largest absolute Gasteiger partial charge is 0.396 e. The number of fused-ring (bicyclic) bond motifs is 1. The van der Waals surface area contributed by atoms with Crippen LogP contribution >= 0.6 is 0 Å². The minimum Gasteiger partial charge on any atom is -0.396 e. The van der Waals surface area contributed by atoms with Crippen molar-refractivity contribution in [1.82, 2.24) is 10.2 Å². The van der Waals surface area contributed by atoms with Gasteiger partial charge < -0.3 is 15.3 Å². The number of benzene rings is 1. The number of rotatable bonds is 3. The lowest BCUT2D eigenvalue weighted by Gasteiger charge is -2.35. The Labute approximate surface area is 119 Å². The number of hydrogen-bond acceptors (Lipinski definition) is 3. The molecule has 4 nitrogen and oxygen atoms in total. The number of amides is 1. The molecule has 1 amide bonds. The third-order valence-electron chi connectivity index (χ3n) is 4.43. The van der Waals surface area contributed by atoms with Crippen LogP contribution in [0.3, 0.4) is 0 Å². The van der Waals surface area contributed by atoms with Crippen LogP contribution in [-0.2, 0) is 13.1 Å². The Hall–Kier alpha value is -1.39. The highest BCUT2D eigenvalue weighted by Crippen LogP contribution is 2.24. The fourth-order valence-corrected chi connectivity index (χ4v) is 3.31. The van der Waals surface area contributed by atoms with Crippen molar-refractivity contribution in [3.63, 3.8) is 0 Å². The summed E-state index contributed by atoms with van der Waals surface area (Å²) in [6, 6.07) is 6.24. The highest BCUT2D eigenvalue weighted by atomic mass is 16.3. The van der Waals surface area contributed by atoms with Crippen molar-refractivity contribution >= 4 is 5.91 Å². The fourth-order valence-electron chi connectivity index (χ4n) is 3.31. The van der Waals surface area contributed by atoms with Gasteiger partial charge in [0, 0.05) is 37.8 Å². The predicted molar refractivity (Wildman–Crippen MR) is 77.4 cm³/mol. The molecule has 2 heterocycles. The summed E-state index contributed by atoms with van der Waals surface area (Å²) in [5, 5.41) is 12.5. The molecule has 1 atom stereocenters. The third-order valence-corrected chi connectivity index (χ3v) is 4.43. The molecule has 0 radical (unpaired) electrons. The molecule has 3 rings (SSSR count). The van der Waals surface area contributed by atoms with Gasteiger partial charge in [-0.15, -0.1) is 0 Å². The number of carbonyl (C=O) groups excluding carboxylic acids is 1. The van der Waals surface area contributed by atoms with E-state index in [1.165, 1.54) is 11.1 Å². The standard InChI is InChI=1S/C16H22N2O2/c19-8-6-15-3-1-2-7-18(15)16(20)12-4-5-13-10-17-11-14(13)9-12/h4-5,9,15,17,19H,1-3,6-8,10-11H2. The van der Waals surface area contributed by atoms with Gasteiger partial charge in [-0.25, -0.2) is 0 Å². The van der Waals surface area contributed by atoms with Gasteiger partial charge in [0.15, 0.2) is 0 Å². The van der Waals surface area contributed by atoms with Crippen molar-refractivity contribution in [2.45, 2.75) is 44.8 Å². The van der Waals surface area contributed by atoms with E-state index in [0.29, 0.717) is 6.42 Å². The van der Waals surface area contributed by atoms with Crippen molar-refractivity contribution in [2.75, 3.05) is 13.2 Å². The van der Waals surface area contributed by atoms with Crippen LogP contribution in [-0.4, -0.2) is 35.1 Å². The smallest absolute Gasteiger partial charge is 0.254 e. The van der Waals surface area contributed by atoms with E-state index in [9.17, 15) is 4.79 Å². The van der Waals surface area contributed by atoms with Crippen LogP contribution in [0.1, 0.15) is 47.2 Å². The number of nitrogens with zero attached hydrogens (tertiary/aromatic N) is 1. The second kappa shape index (κ2) is 5.94. The average Bonchev–Trinajstić information content (AvgIpc) is 2.95. The van der Waals surface area contributed by atoms with Crippen LogP contribution in [0.5, 0.6) is 0 Å². The average molecular weight is 274 g/mol. The Morgan fingerprint density at radius 2 is 2.15 bits per heavy atom. The molecule has 2 aliphatic heterocycles. The Kier molecular flexibility index (Phi) is 4.03. The SMILES string of the molecule is O=C(c1ccc2c(c1)CNC2)N1CCCCC1CCO. The van der Waals surface area contributed by atoms with Gasteiger partial charge in [-0.05, 0) is 48.9 Å². The van der Waals surface area contributed by atoms with Gasteiger partial charge >= 0.3 is 0 Å². The van der Waals surface area contributed by atoms with Crippen LogP contribution in [0.15, 0.2) is 18.2 Å². The zero-order valence-corrected chi connectivity index (χ0v) is 11.8. The summed E-state index contributed by atoms with van der Waals surface area (Å²) in [6.45, 7) is 2.73. The lowest BCUT2D eigenvalue weighted by molar-refractivity contribution is 0.0574. The van der Waals surface area contributed by atoms with E-state index in [0.717, 1.165) is 44.5 Å². The molecule has 1 fully saturated rings. The molecule has 2 N–H and O–H groups in total. The van der Waals surface area contributed by atoms with Crippen LogP contribution in [0, 0.1) is 0 Å². The number of likely N-dealkylation sites (tertiary alicyclic amines) is 1. The number of aliphatic hydroxyl groups is 1. The van der Waals surface area contributed by atoms with E-state index in [1.807, 2.05) is 17.0 Å². The maximum absolute atomic E-state index is 12.7. The van der Waals surface area contributed by atoms with E-state index in [4.69, 9.17) is 5.11 Å².